The molecule has 0 radical (unpaired) electrons. The van der Waals surface area contributed by atoms with Gasteiger partial charge in [-0.1, -0.05) is 146 Å². The summed E-state index contributed by atoms with van der Waals surface area (Å²) in [4.78, 5) is 14.9. The first-order valence-corrected chi connectivity index (χ1v) is 19.8. The minimum absolute atomic E-state index is 0.0141. The van der Waals surface area contributed by atoms with E-state index in [1.54, 1.807) is 11.3 Å². The number of hydrogen-bond donors (Lipinski definition) is 0. The van der Waals surface area contributed by atoms with E-state index in [0.717, 1.165) is 54.6 Å². The molecule has 3 nitrogen and oxygen atoms in total. The van der Waals surface area contributed by atoms with Crippen molar-refractivity contribution in [1.82, 2.24) is 15.0 Å². The lowest BCUT2D eigenvalue weighted by Gasteiger charge is -2.10. The Morgan fingerprint density at radius 3 is 1.50 bits per heavy atom. The molecule has 5 heteroatoms. The summed E-state index contributed by atoms with van der Waals surface area (Å²) < 4.78 is 59.2. The Bertz CT molecular complexity index is 3570. The normalized spacial score (nSPS) is 13.1. The summed E-state index contributed by atoms with van der Waals surface area (Å²) in [6.45, 7) is 0. The maximum absolute atomic E-state index is 9.65. The van der Waals surface area contributed by atoms with E-state index in [1.165, 1.54) is 4.70 Å². The Kier molecular flexibility index (Phi) is 6.48. The molecule has 3 heterocycles. The van der Waals surface area contributed by atoms with Gasteiger partial charge < -0.3 is 0 Å². The number of thiophene rings is 2. The lowest BCUT2D eigenvalue weighted by molar-refractivity contribution is 1.08. The second kappa shape index (κ2) is 13.5. The van der Waals surface area contributed by atoms with Crippen LogP contribution in [0.5, 0.6) is 0 Å². The molecule has 0 fully saturated rings. The van der Waals surface area contributed by atoms with Crippen molar-refractivity contribution in [2.24, 2.45) is 0 Å². The summed E-state index contributed by atoms with van der Waals surface area (Å²) in [5.41, 5.74) is 6.50. The summed E-state index contributed by atoms with van der Waals surface area (Å²) >= 11 is 2.81. The second-order valence-corrected chi connectivity index (χ2v) is 15.6. The van der Waals surface area contributed by atoms with Gasteiger partial charge in [-0.25, -0.2) is 15.0 Å². The standard InChI is InChI=1S/C51H31N3S2/c1-3-9-32(10-4-1)34-15-17-36(18-16-34)38-24-27-47-43(29-38)42-26-23-40(31-48(42)56-47)51-53-49(37-21-19-35(20-22-37)33-11-5-2-6-12-33)52-50(54-51)39-25-28-46-44(30-39)41-13-7-8-14-45(41)55-46/h1-31H/i23D,24D,26D,27D,29D,31D. The molecule has 11 rings (SSSR count). The summed E-state index contributed by atoms with van der Waals surface area (Å²) in [5.74, 6) is 0.790. The fourth-order valence-electron chi connectivity index (χ4n) is 7.16. The molecule has 0 saturated heterocycles. The maximum atomic E-state index is 9.65. The van der Waals surface area contributed by atoms with Crippen molar-refractivity contribution >= 4 is 63.0 Å². The Labute approximate surface area is 340 Å². The van der Waals surface area contributed by atoms with Crippen molar-refractivity contribution in [2.75, 3.05) is 0 Å². The van der Waals surface area contributed by atoms with Gasteiger partial charge in [0.2, 0.25) is 0 Å². The smallest absolute Gasteiger partial charge is 0.164 e. The SMILES string of the molecule is [2H]c1c(-c2ccc(-c3ccccc3)cc2)c([2H])c2c(sc3c([2H])c(-c4nc(-c5ccc(-c6ccccc6)cc5)nc(-c5ccc6sc7ccccc7c6c5)n4)c([2H])c([2H])c32)c1[2H]. The second-order valence-electron chi connectivity index (χ2n) is 13.5. The largest absolute Gasteiger partial charge is 0.208 e. The molecule has 0 saturated carbocycles. The van der Waals surface area contributed by atoms with Crippen LogP contribution in [0, 0.1) is 0 Å². The summed E-state index contributed by atoms with van der Waals surface area (Å²) in [5, 5.41) is 2.73. The molecule has 0 unspecified atom stereocenters. The zero-order valence-electron chi connectivity index (χ0n) is 35.6. The number of rotatable bonds is 6. The van der Waals surface area contributed by atoms with Gasteiger partial charge in [0, 0.05) is 57.0 Å². The van der Waals surface area contributed by atoms with Crippen molar-refractivity contribution in [1.29, 1.82) is 0 Å². The number of nitrogens with zero attached hydrogens (tertiary/aromatic N) is 3. The van der Waals surface area contributed by atoms with Crippen molar-refractivity contribution < 1.29 is 8.22 Å². The van der Waals surface area contributed by atoms with Crippen molar-refractivity contribution in [3.63, 3.8) is 0 Å². The minimum atomic E-state index is -0.265. The predicted octanol–water partition coefficient (Wildman–Crippen LogP) is 14.6. The third kappa shape index (κ3) is 5.86. The summed E-state index contributed by atoms with van der Waals surface area (Å²) in [7, 11) is 0. The molecule has 0 atom stereocenters. The van der Waals surface area contributed by atoms with Crippen LogP contribution in [0.15, 0.2) is 188 Å². The minimum Gasteiger partial charge on any atom is -0.208 e. The Morgan fingerprint density at radius 1 is 0.304 bits per heavy atom. The highest BCUT2D eigenvalue weighted by atomic mass is 32.1. The van der Waals surface area contributed by atoms with E-state index in [1.807, 2.05) is 115 Å². The molecule has 11 aromatic rings. The molecule has 3 aromatic heterocycles. The average molecular weight is 756 g/mol. The van der Waals surface area contributed by atoms with Gasteiger partial charge in [0.15, 0.2) is 17.5 Å². The van der Waals surface area contributed by atoms with Gasteiger partial charge in [-0.3, -0.25) is 0 Å². The molecular formula is C51H31N3S2. The summed E-state index contributed by atoms with van der Waals surface area (Å²) in [6, 6.07) is 49.1. The molecule has 0 bridgehead atoms. The van der Waals surface area contributed by atoms with E-state index in [2.05, 4.69) is 36.4 Å². The maximum Gasteiger partial charge on any atom is 0.164 e. The molecule has 0 aliphatic carbocycles. The van der Waals surface area contributed by atoms with E-state index in [9.17, 15) is 5.48 Å². The molecule has 56 heavy (non-hydrogen) atoms. The third-order valence-corrected chi connectivity index (χ3v) is 12.2. The van der Waals surface area contributed by atoms with Crippen molar-refractivity contribution in [2.45, 2.75) is 0 Å². The van der Waals surface area contributed by atoms with Crippen LogP contribution in [0.1, 0.15) is 8.22 Å². The third-order valence-electron chi connectivity index (χ3n) is 10.0. The molecule has 0 N–H and O–H groups in total. The monoisotopic (exact) mass is 755 g/mol. The van der Waals surface area contributed by atoms with E-state index >= 15 is 0 Å². The lowest BCUT2D eigenvalue weighted by Crippen LogP contribution is -2.00. The van der Waals surface area contributed by atoms with Crippen LogP contribution in [0.4, 0.5) is 0 Å². The zero-order chi connectivity index (χ0) is 42.2. The average Bonchev–Trinajstić information content (AvgIpc) is 3.91. The van der Waals surface area contributed by atoms with Crippen LogP contribution in [-0.2, 0) is 0 Å². The lowest BCUT2D eigenvalue weighted by atomic mass is 9.99. The van der Waals surface area contributed by atoms with Gasteiger partial charge >= 0.3 is 0 Å². The molecule has 0 aliphatic rings. The number of hydrogen-bond acceptors (Lipinski definition) is 5. The van der Waals surface area contributed by atoms with Crippen molar-refractivity contribution in [3.8, 4) is 67.5 Å². The van der Waals surface area contributed by atoms with Crippen LogP contribution >= 0.6 is 22.7 Å². The highest BCUT2D eigenvalue weighted by Gasteiger charge is 2.16. The van der Waals surface area contributed by atoms with Crippen molar-refractivity contribution in [3.05, 3.63) is 188 Å². The first kappa shape index (κ1) is 26.9. The van der Waals surface area contributed by atoms with Gasteiger partial charge in [-0.05, 0) is 75.8 Å². The van der Waals surface area contributed by atoms with Gasteiger partial charge in [0.1, 0.15) is 0 Å². The van der Waals surface area contributed by atoms with Gasteiger partial charge in [0.05, 0.1) is 8.22 Å². The first-order valence-electron chi connectivity index (χ1n) is 21.2. The number of fused-ring (bicyclic) bond motifs is 6. The van der Waals surface area contributed by atoms with Crippen LogP contribution < -0.4 is 0 Å². The molecule has 0 aliphatic heterocycles. The highest BCUT2D eigenvalue weighted by Crippen LogP contribution is 2.40. The van der Waals surface area contributed by atoms with Gasteiger partial charge in [0.25, 0.3) is 0 Å². The topological polar surface area (TPSA) is 38.7 Å². The first-order chi connectivity index (χ1) is 30.2. The Hall–Kier alpha value is -6.79. The summed E-state index contributed by atoms with van der Waals surface area (Å²) in [6.07, 6.45) is 0. The molecule has 0 amide bonds. The molecular weight excluding hydrogens is 719 g/mol. The zero-order valence-corrected chi connectivity index (χ0v) is 31.2. The van der Waals surface area contributed by atoms with Crippen LogP contribution in [0.3, 0.4) is 0 Å². The predicted molar refractivity (Wildman–Crippen MR) is 238 cm³/mol. The van der Waals surface area contributed by atoms with E-state index < -0.39 is 0 Å². The fraction of sp³-hybridized carbons (Fsp3) is 0. The molecule has 262 valence electrons. The van der Waals surface area contributed by atoms with Crippen LogP contribution in [0.2, 0.25) is 0 Å². The fourth-order valence-corrected chi connectivity index (χ4v) is 9.22. The molecule has 0 spiro atoms. The molecule has 8 aromatic carbocycles. The highest BCUT2D eigenvalue weighted by molar-refractivity contribution is 7.26. The number of benzene rings is 8. The van der Waals surface area contributed by atoms with Gasteiger partial charge in [-0.2, -0.15) is 0 Å². The van der Waals surface area contributed by atoms with Crippen LogP contribution in [0.25, 0.3) is 108 Å². The quantitative estimate of drug-likeness (QED) is 0.170. The Morgan fingerprint density at radius 2 is 0.804 bits per heavy atom. The van der Waals surface area contributed by atoms with E-state index in [0.29, 0.717) is 37.6 Å². The number of aromatic nitrogens is 3. The van der Waals surface area contributed by atoms with E-state index in [-0.39, 0.29) is 58.6 Å². The van der Waals surface area contributed by atoms with Gasteiger partial charge in [-0.15, -0.1) is 22.7 Å². The van der Waals surface area contributed by atoms with E-state index in [4.69, 9.17) is 17.7 Å². The van der Waals surface area contributed by atoms with Crippen LogP contribution in [-0.4, -0.2) is 15.0 Å². The Balaban J connectivity index is 1.10.